The topological polar surface area (TPSA) is 78.2 Å². The molecule has 0 N–H and O–H groups in total. The molecule has 0 saturated carbocycles. The van der Waals surface area contributed by atoms with Crippen LogP contribution in [-0.2, 0) is 6.42 Å². The Morgan fingerprint density at radius 1 is 0.951 bits per heavy atom. The number of hydrogen-bond acceptors (Lipinski definition) is 6. The average molecular weight is 576 g/mol. The molecule has 1 aliphatic heterocycles. The lowest BCUT2D eigenvalue weighted by Crippen LogP contribution is -2.31. The van der Waals surface area contributed by atoms with Crippen molar-refractivity contribution >= 4 is 28.5 Å². The number of nitrogens with zero attached hydrogens (tertiary/aromatic N) is 1. The Bertz CT molecular complexity index is 1630. The number of carbonyl (C=O) groups is 1. The molecule has 2 heterocycles. The van der Waals surface area contributed by atoms with Gasteiger partial charge in [0, 0.05) is 11.6 Å². The summed E-state index contributed by atoms with van der Waals surface area (Å²) in [5.74, 6) is 1.74. The fourth-order valence-electron chi connectivity index (χ4n) is 5.29. The molecule has 4 aromatic rings. The number of rotatable bonds is 11. The SMILES string of the molecule is CCCCCOc1ccc(C2c3c(oc4cc(C)c(Cl)cc4c3=O)C(=O)N2CCc2ccc(OC)c(OC)c2)cc1. The van der Waals surface area contributed by atoms with Crippen LogP contribution in [0, 0.1) is 6.92 Å². The molecule has 214 valence electrons. The van der Waals surface area contributed by atoms with Gasteiger partial charge in [-0.05, 0) is 72.9 Å². The number of carbonyl (C=O) groups excluding carboxylic acids is 1. The van der Waals surface area contributed by atoms with Crippen molar-refractivity contribution < 1.29 is 23.4 Å². The molecule has 5 rings (SSSR count). The Morgan fingerprint density at radius 3 is 2.41 bits per heavy atom. The number of methoxy groups -OCH3 is 2. The quantitative estimate of drug-likeness (QED) is 0.177. The highest BCUT2D eigenvalue weighted by Crippen LogP contribution is 2.39. The molecular formula is C33H34ClNO6. The second-order valence-electron chi connectivity index (χ2n) is 10.2. The third-order valence-corrected chi connectivity index (χ3v) is 7.96. The fraction of sp³-hybridized carbons (Fsp3) is 0.333. The molecule has 1 aromatic heterocycles. The van der Waals surface area contributed by atoms with Crippen molar-refractivity contribution in [1.82, 2.24) is 4.90 Å². The molecule has 1 aliphatic rings. The summed E-state index contributed by atoms with van der Waals surface area (Å²) in [6.07, 6.45) is 3.76. The maximum absolute atomic E-state index is 13.9. The van der Waals surface area contributed by atoms with Gasteiger partial charge in [0.25, 0.3) is 5.91 Å². The van der Waals surface area contributed by atoms with E-state index in [1.165, 1.54) is 0 Å². The van der Waals surface area contributed by atoms with Gasteiger partial charge in [-0.1, -0.05) is 49.6 Å². The van der Waals surface area contributed by atoms with Gasteiger partial charge in [0.15, 0.2) is 16.9 Å². The lowest BCUT2D eigenvalue weighted by Gasteiger charge is -2.25. The van der Waals surface area contributed by atoms with Gasteiger partial charge in [0.05, 0.1) is 37.8 Å². The molecule has 0 radical (unpaired) electrons. The minimum atomic E-state index is -0.618. The third kappa shape index (κ3) is 5.64. The molecule has 1 atom stereocenters. The van der Waals surface area contributed by atoms with Crippen LogP contribution in [-0.4, -0.2) is 38.2 Å². The number of unbranched alkanes of at least 4 members (excludes halogenated alkanes) is 2. The number of hydrogen-bond donors (Lipinski definition) is 0. The lowest BCUT2D eigenvalue weighted by molar-refractivity contribution is 0.0730. The smallest absolute Gasteiger partial charge is 0.290 e. The first-order valence-electron chi connectivity index (χ1n) is 13.9. The van der Waals surface area contributed by atoms with E-state index < -0.39 is 6.04 Å². The van der Waals surface area contributed by atoms with E-state index in [4.69, 9.17) is 30.2 Å². The minimum Gasteiger partial charge on any atom is -0.494 e. The van der Waals surface area contributed by atoms with E-state index in [0.29, 0.717) is 52.6 Å². The highest BCUT2D eigenvalue weighted by atomic mass is 35.5. The molecule has 41 heavy (non-hydrogen) atoms. The van der Waals surface area contributed by atoms with Gasteiger partial charge in [0.1, 0.15) is 11.3 Å². The molecule has 1 amide bonds. The largest absolute Gasteiger partial charge is 0.494 e. The summed E-state index contributed by atoms with van der Waals surface area (Å²) in [6.45, 7) is 4.99. The van der Waals surface area contributed by atoms with Crippen molar-refractivity contribution in [2.45, 2.75) is 45.6 Å². The van der Waals surface area contributed by atoms with Crippen molar-refractivity contribution in [3.8, 4) is 17.2 Å². The highest BCUT2D eigenvalue weighted by molar-refractivity contribution is 6.32. The lowest BCUT2D eigenvalue weighted by atomic mass is 9.98. The van der Waals surface area contributed by atoms with E-state index in [9.17, 15) is 9.59 Å². The van der Waals surface area contributed by atoms with Crippen LogP contribution < -0.4 is 19.6 Å². The van der Waals surface area contributed by atoms with Crippen molar-refractivity contribution in [1.29, 1.82) is 0 Å². The standard InChI is InChI=1S/C33H34ClNO6/c1-5-6-7-16-40-23-11-9-22(10-12-23)30-29-31(36)24-19-25(34)20(2)17-27(24)41-32(29)33(37)35(30)15-14-21-8-13-26(38-3)28(18-21)39-4/h8-13,17-19,30H,5-7,14-16H2,1-4H3. The summed E-state index contributed by atoms with van der Waals surface area (Å²) in [5.41, 5.74) is 2.95. The molecule has 0 fully saturated rings. The zero-order valence-corrected chi connectivity index (χ0v) is 24.5. The number of benzene rings is 3. The van der Waals surface area contributed by atoms with Crippen molar-refractivity contribution in [3.05, 3.63) is 97.9 Å². The number of ether oxygens (including phenoxy) is 3. The van der Waals surface area contributed by atoms with Crippen LogP contribution in [0.15, 0.2) is 63.8 Å². The second kappa shape index (κ2) is 12.3. The number of amides is 1. The Morgan fingerprint density at radius 2 is 1.71 bits per heavy atom. The summed E-state index contributed by atoms with van der Waals surface area (Å²) in [6, 6.07) is 16.0. The van der Waals surface area contributed by atoms with Crippen LogP contribution >= 0.6 is 11.6 Å². The van der Waals surface area contributed by atoms with Gasteiger partial charge in [-0.15, -0.1) is 0 Å². The zero-order valence-electron chi connectivity index (χ0n) is 23.8. The maximum atomic E-state index is 13.9. The Labute approximate surface area is 244 Å². The zero-order chi connectivity index (χ0) is 29.1. The minimum absolute atomic E-state index is 0.0708. The van der Waals surface area contributed by atoms with E-state index in [1.54, 1.807) is 31.3 Å². The fourth-order valence-corrected chi connectivity index (χ4v) is 5.46. The normalized spacial score (nSPS) is 14.4. The Balaban J connectivity index is 1.53. The predicted octanol–water partition coefficient (Wildman–Crippen LogP) is 7.13. The van der Waals surface area contributed by atoms with E-state index in [-0.39, 0.29) is 17.1 Å². The molecular weight excluding hydrogens is 542 g/mol. The van der Waals surface area contributed by atoms with Crippen molar-refractivity contribution in [2.24, 2.45) is 0 Å². The van der Waals surface area contributed by atoms with Crippen LogP contribution in [0.4, 0.5) is 0 Å². The maximum Gasteiger partial charge on any atom is 0.290 e. The second-order valence-corrected chi connectivity index (χ2v) is 10.6. The number of halogens is 1. The van der Waals surface area contributed by atoms with Crippen LogP contribution in [0.3, 0.4) is 0 Å². The van der Waals surface area contributed by atoms with Gasteiger partial charge in [0.2, 0.25) is 5.76 Å². The van der Waals surface area contributed by atoms with Crippen LogP contribution in [0.1, 0.15) is 65.0 Å². The van der Waals surface area contributed by atoms with E-state index >= 15 is 0 Å². The van der Waals surface area contributed by atoms with Crippen LogP contribution in [0.2, 0.25) is 5.02 Å². The van der Waals surface area contributed by atoms with E-state index in [2.05, 4.69) is 6.92 Å². The van der Waals surface area contributed by atoms with Crippen LogP contribution in [0.25, 0.3) is 11.0 Å². The summed E-state index contributed by atoms with van der Waals surface area (Å²) < 4.78 is 22.8. The first-order valence-corrected chi connectivity index (χ1v) is 14.3. The van der Waals surface area contributed by atoms with Gasteiger partial charge in [-0.3, -0.25) is 9.59 Å². The summed E-state index contributed by atoms with van der Waals surface area (Å²) in [4.78, 5) is 29.4. The molecule has 0 saturated heterocycles. The van der Waals surface area contributed by atoms with Gasteiger partial charge < -0.3 is 23.5 Å². The Hall–Kier alpha value is -3.97. The third-order valence-electron chi connectivity index (χ3n) is 7.55. The molecule has 1 unspecified atom stereocenters. The molecule has 8 heteroatoms. The van der Waals surface area contributed by atoms with Crippen molar-refractivity contribution in [2.75, 3.05) is 27.4 Å². The van der Waals surface area contributed by atoms with Gasteiger partial charge in [-0.25, -0.2) is 0 Å². The number of fused-ring (bicyclic) bond motifs is 2. The van der Waals surface area contributed by atoms with Gasteiger partial charge >= 0.3 is 0 Å². The number of aryl methyl sites for hydroxylation is 1. The predicted molar refractivity (Wildman–Crippen MR) is 160 cm³/mol. The van der Waals surface area contributed by atoms with E-state index in [0.717, 1.165) is 41.7 Å². The molecule has 0 spiro atoms. The molecule has 0 bridgehead atoms. The first kappa shape index (κ1) is 28.6. The molecule has 3 aromatic carbocycles. The van der Waals surface area contributed by atoms with Crippen molar-refractivity contribution in [3.63, 3.8) is 0 Å². The first-order chi connectivity index (χ1) is 19.9. The molecule has 7 nitrogen and oxygen atoms in total. The summed E-state index contributed by atoms with van der Waals surface area (Å²) in [7, 11) is 3.18. The van der Waals surface area contributed by atoms with E-state index in [1.807, 2.05) is 49.4 Å². The average Bonchev–Trinajstić information content (AvgIpc) is 3.26. The van der Waals surface area contributed by atoms with Gasteiger partial charge in [-0.2, -0.15) is 0 Å². The molecule has 0 aliphatic carbocycles. The Kier molecular flexibility index (Phi) is 8.54. The highest BCUT2D eigenvalue weighted by Gasteiger charge is 2.42. The monoisotopic (exact) mass is 575 g/mol. The summed E-state index contributed by atoms with van der Waals surface area (Å²) >= 11 is 6.37. The van der Waals surface area contributed by atoms with Crippen LogP contribution in [0.5, 0.6) is 17.2 Å². The summed E-state index contributed by atoms with van der Waals surface area (Å²) in [5, 5.41) is 0.829.